The predicted molar refractivity (Wildman–Crippen MR) is 82.6 cm³/mol. The lowest BCUT2D eigenvalue weighted by Crippen LogP contribution is -2.14. The van der Waals surface area contributed by atoms with Crippen LogP contribution in [0.1, 0.15) is 56.6 Å². The van der Waals surface area contributed by atoms with Crippen molar-refractivity contribution >= 4 is 5.84 Å². The van der Waals surface area contributed by atoms with Gasteiger partial charge in [-0.15, -0.1) is 0 Å². The van der Waals surface area contributed by atoms with Crippen molar-refractivity contribution in [2.75, 3.05) is 6.61 Å². The molecular formula is C16H26N2O2. The van der Waals surface area contributed by atoms with E-state index in [2.05, 4.69) is 12.1 Å². The standard InChI is InChI=1S/C16H26N2O2/c1-3-4-5-6-7-8-11-20-14-9-10-15(13(2)12-14)16(17)18-19/h9-10,12,19H,3-8,11H2,1-2H3,(H2,17,18). The van der Waals surface area contributed by atoms with Crippen LogP contribution in [0.4, 0.5) is 0 Å². The maximum atomic E-state index is 8.68. The molecular weight excluding hydrogens is 252 g/mol. The van der Waals surface area contributed by atoms with Crippen LogP contribution >= 0.6 is 0 Å². The SMILES string of the molecule is CCCCCCCCOc1ccc(/C(N)=N/O)c(C)c1. The van der Waals surface area contributed by atoms with E-state index in [-0.39, 0.29) is 5.84 Å². The number of benzene rings is 1. The van der Waals surface area contributed by atoms with Crippen molar-refractivity contribution in [3.8, 4) is 5.75 Å². The van der Waals surface area contributed by atoms with E-state index in [4.69, 9.17) is 15.7 Å². The third-order valence-corrected chi connectivity index (χ3v) is 3.35. The Balaban J connectivity index is 2.33. The lowest BCUT2D eigenvalue weighted by molar-refractivity contribution is 0.304. The fourth-order valence-electron chi connectivity index (χ4n) is 2.14. The fraction of sp³-hybridized carbons (Fsp3) is 0.562. The second kappa shape index (κ2) is 9.23. The van der Waals surface area contributed by atoms with Crippen molar-refractivity contribution in [3.63, 3.8) is 0 Å². The number of rotatable bonds is 9. The molecule has 0 atom stereocenters. The molecule has 0 bridgehead atoms. The molecule has 4 nitrogen and oxygen atoms in total. The van der Waals surface area contributed by atoms with E-state index in [1.165, 1.54) is 32.1 Å². The normalized spacial score (nSPS) is 11.6. The number of oxime groups is 1. The highest BCUT2D eigenvalue weighted by atomic mass is 16.5. The van der Waals surface area contributed by atoms with Crippen LogP contribution in [0.5, 0.6) is 5.75 Å². The van der Waals surface area contributed by atoms with Gasteiger partial charge < -0.3 is 15.7 Å². The summed E-state index contributed by atoms with van der Waals surface area (Å²) in [4.78, 5) is 0. The van der Waals surface area contributed by atoms with E-state index in [1.807, 2.05) is 25.1 Å². The molecule has 0 saturated heterocycles. The number of unbranched alkanes of at least 4 members (excludes halogenated alkanes) is 5. The smallest absolute Gasteiger partial charge is 0.170 e. The van der Waals surface area contributed by atoms with Crippen LogP contribution in [0.15, 0.2) is 23.4 Å². The number of amidine groups is 1. The van der Waals surface area contributed by atoms with Crippen LogP contribution in [-0.4, -0.2) is 17.6 Å². The van der Waals surface area contributed by atoms with Crippen LogP contribution in [0.25, 0.3) is 0 Å². The minimum absolute atomic E-state index is 0.130. The topological polar surface area (TPSA) is 67.8 Å². The van der Waals surface area contributed by atoms with Crippen molar-refractivity contribution < 1.29 is 9.94 Å². The number of hydrogen-bond donors (Lipinski definition) is 2. The molecule has 1 aromatic carbocycles. The molecule has 0 unspecified atom stereocenters. The first kappa shape index (κ1) is 16.3. The maximum Gasteiger partial charge on any atom is 0.170 e. The van der Waals surface area contributed by atoms with Gasteiger partial charge in [-0.1, -0.05) is 44.2 Å². The minimum Gasteiger partial charge on any atom is -0.494 e. The minimum atomic E-state index is 0.130. The molecule has 0 saturated carbocycles. The zero-order valence-electron chi connectivity index (χ0n) is 12.6. The van der Waals surface area contributed by atoms with E-state index >= 15 is 0 Å². The van der Waals surface area contributed by atoms with Crippen molar-refractivity contribution in [1.29, 1.82) is 0 Å². The zero-order valence-corrected chi connectivity index (χ0v) is 12.6. The van der Waals surface area contributed by atoms with Crippen molar-refractivity contribution in [3.05, 3.63) is 29.3 Å². The highest BCUT2D eigenvalue weighted by molar-refractivity contribution is 5.98. The molecule has 1 rings (SSSR count). The van der Waals surface area contributed by atoms with Crippen molar-refractivity contribution in [2.24, 2.45) is 10.9 Å². The summed E-state index contributed by atoms with van der Waals surface area (Å²) in [5.41, 5.74) is 7.26. The van der Waals surface area contributed by atoms with Gasteiger partial charge >= 0.3 is 0 Å². The summed E-state index contributed by atoms with van der Waals surface area (Å²) in [5.74, 6) is 0.968. The molecule has 0 fully saturated rings. The van der Waals surface area contributed by atoms with Crippen LogP contribution in [0.2, 0.25) is 0 Å². The number of nitrogens with zero attached hydrogens (tertiary/aromatic N) is 1. The quantitative estimate of drug-likeness (QED) is 0.237. The van der Waals surface area contributed by atoms with E-state index in [0.29, 0.717) is 0 Å². The molecule has 0 radical (unpaired) electrons. The van der Waals surface area contributed by atoms with E-state index < -0.39 is 0 Å². The lowest BCUT2D eigenvalue weighted by atomic mass is 10.1. The Labute approximate surface area is 121 Å². The lowest BCUT2D eigenvalue weighted by Gasteiger charge is -2.09. The Hall–Kier alpha value is -1.71. The molecule has 0 aliphatic carbocycles. The average molecular weight is 278 g/mol. The third-order valence-electron chi connectivity index (χ3n) is 3.35. The number of ether oxygens (including phenoxy) is 1. The molecule has 112 valence electrons. The van der Waals surface area contributed by atoms with Gasteiger partial charge in [-0.2, -0.15) is 0 Å². The van der Waals surface area contributed by atoms with Crippen LogP contribution in [-0.2, 0) is 0 Å². The summed E-state index contributed by atoms with van der Waals surface area (Å²) < 4.78 is 5.72. The first-order valence-electron chi connectivity index (χ1n) is 7.40. The highest BCUT2D eigenvalue weighted by Gasteiger charge is 2.05. The summed E-state index contributed by atoms with van der Waals surface area (Å²) in [6, 6.07) is 5.60. The van der Waals surface area contributed by atoms with E-state index in [0.717, 1.165) is 29.9 Å². The van der Waals surface area contributed by atoms with Gasteiger partial charge in [-0.25, -0.2) is 0 Å². The fourth-order valence-corrected chi connectivity index (χ4v) is 2.14. The summed E-state index contributed by atoms with van der Waals surface area (Å²) in [6.45, 7) is 4.89. The van der Waals surface area contributed by atoms with Gasteiger partial charge in [-0.3, -0.25) is 0 Å². The van der Waals surface area contributed by atoms with Gasteiger partial charge in [-0.05, 0) is 37.1 Å². The Bertz CT molecular complexity index is 430. The Kier molecular flexibility index (Phi) is 7.55. The maximum absolute atomic E-state index is 8.68. The zero-order chi connectivity index (χ0) is 14.8. The summed E-state index contributed by atoms with van der Waals surface area (Å²) in [7, 11) is 0. The molecule has 3 N–H and O–H groups in total. The van der Waals surface area contributed by atoms with Crippen molar-refractivity contribution in [1.82, 2.24) is 0 Å². The number of nitrogens with two attached hydrogens (primary N) is 1. The van der Waals surface area contributed by atoms with Gasteiger partial charge in [0, 0.05) is 5.56 Å². The molecule has 0 aromatic heterocycles. The number of hydrogen-bond acceptors (Lipinski definition) is 3. The van der Waals surface area contributed by atoms with Gasteiger partial charge in [0.15, 0.2) is 5.84 Å². The highest BCUT2D eigenvalue weighted by Crippen LogP contribution is 2.17. The molecule has 20 heavy (non-hydrogen) atoms. The second-order valence-electron chi connectivity index (χ2n) is 5.08. The van der Waals surface area contributed by atoms with Gasteiger partial charge in [0.25, 0.3) is 0 Å². The first-order chi connectivity index (χ1) is 9.69. The largest absolute Gasteiger partial charge is 0.494 e. The average Bonchev–Trinajstić information content (AvgIpc) is 2.45. The van der Waals surface area contributed by atoms with Crippen LogP contribution in [0, 0.1) is 6.92 Å². The summed E-state index contributed by atoms with van der Waals surface area (Å²) in [6.07, 6.45) is 7.53. The van der Waals surface area contributed by atoms with E-state index in [1.54, 1.807) is 0 Å². The molecule has 0 spiro atoms. The third kappa shape index (κ3) is 5.51. The van der Waals surface area contributed by atoms with Crippen LogP contribution < -0.4 is 10.5 Å². The molecule has 0 amide bonds. The van der Waals surface area contributed by atoms with Crippen molar-refractivity contribution in [2.45, 2.75) is 52.4 Å². The predicted octanol–water partition coefficient (Wildman–Crippen LogP) is 3.83. The van der Waals surface area contributed by atoms with Crippen LogP contribution in [0.3, 0.4) is 0 Å². The Morgan fingerprint density at radius 1 is 1.20 bits per heavy atom. The Morgan fingerprint density at radius 2 is 1.90 bits per heavy atom. The first-order valence-corrected chi connectivity index (χ1v) is 7.40. The molecule has 0 aliphatic heterocycles. The summed E-state index contributed by atoms with van der Waals surface area (Å²) >= 11 is 0. The molecule has 0 heterocycles. The monoisotopic (exact) mass is 278 g/mol. The van der Waals surface area contributed by atoms with Gasteiger partial charge in [0.1, 0.15) is 5.75 Å². The Morgan fingerprint density at radius 3 is 2.55 bits per heavy atom. The summed E-state index contributed by atoms with van der Waals surface area (Å²) in [5, 5.41) is 11.7. The van der Waals surface area contributed by atoms with Gasteiger partial charge in [0.05, 0.1) is 6.61 Å². The molecule has 1 aromatic rings. The number of aryl methyl sites for hydroxylation is 1. The van der Waals surface area contributed by atoms with E-state index in [9.17, 15) is 0 Å². The van der Waals surface area contributed by atoms with Gasteiger partial charge in [0.2, 0.25) is 0 Å². The molecule has 4 heteroatoms. The molecule has 0 aliphatic rings. The second-order valence-corrected chi connectivity index (χ2v) is 5.08.